The third-order valence-corrected chi connectivity index (χ3v) is 4.17. The summed E-state index contributed by atoms with van der Waals surface area (Å²) < 4.78 is 0. The molecule has 0 aliphatic heterocycles. The van der Waals surface area contributed by atoms with Crippen LogP contribution in [0.25, 0.3) is 0 Å². The van der Waals surface area contributed by atoms with Gasteiger partial charge in [-0.2, -0.15) is 0 Å². The standard InChI is InChI=1S/C17H23NO3/c1-17(2,3)13-6-8-14(9-7-13)18-15(19)11-4-5-12(10-11)16(20)21/h6-9,11-12H,4-5,10H2,1-3H3,(H,18,19)(H,20,21)/t11-,12+/m1/s1. The van der Waals surface area contributed by atoms with Crippen molar-refractivity contribution in [2.45, 2.75) is 45.4 Å². The normalized spacial score (nSPS) is 22.0. The molecule has 1 amide bonds. The van der Waals surface area contributed by atoms with Crippen LogP contribution in [0.1, 0.15) is 45.6 Å². The van der Waals surface area contributed by atoms with Crippen LogP contribution in [-0.2, 0) is 15.0 Å². The zero-order valence-electron chi connectivity index (χ0n) is 12.8. The van der Waals surface area contributed by atoms with Crippen molar-refractivity contribution in [2.75, 3.05) is 5.32 Å². The van der Waals surface area contributed by atoms with Crippen LogP contribution < -0.4 is 5.32 Å². The number of anilines is 1. The number of carbonyl (C=O) groups is 2. The Hall–Kier alpha value is -1.84. The first-order chi connectivity index (χ1) is 9.77. The number of carboxylic acids is 1. The number of carbonyl (C=O) groups excluding carboxylic acids is 1. The van der Waals surface area contributed by atoms with Crippen molar-refractivity contribution in [3.8, 4) is 0 Å². The molecule has 1 aliphatic rings. The summed E-state index contributed by atoms with van der Waals surface area (Å²) in [5.41, 5.74) is 2.07. The SMILES string of the molecule is CC(C)(C)c1ccc(NC(=O)[C@@H]2CC[C@H](C(=O)O)C2)cc1. The summed E-state index contributed by atoms with van der Waals surface area (Å²) in [6, 6.07) is 7.85. The molecule has 0 aromatic heterocycles. The molecule has 2 rings (SSSR count). The molecular formula is C17H23NO3. The molecular weight excluding hydrogens is 266 g/mol. The summed E-state index contributed by atoms with van der Waals surface area (Å²) >= 11 is 0. The van der Waals surface area contributed by atoms with Crippen molar-refractivity contribution in [1.29, 1.82) is 0 Å². The minimum Gasteiger partial charge on any atom is -0.481 e. The van der Waals surface area contributed by atoms with Crippen LogP contribution in [-0.4, -0.2) is 17.0 Å². The van der Waals surface area contributed by atoms with Gasteiger partial charge in [-0.3, -0.25) is 9.59 Å². The third kappa shape index (κ3) is 3.84. The lowest BCUT2D eigenvalue weighted by molar-refractivity contribution is -0.141. The molecule has 0 saturated heterocycles. The lowest BCUT2D eigenvalue weighted by Crippen LogP contribution is -2.21. The van der Waals surface area contributed by atoms with Crippen molar-refractivity contribution in [2.24, 2.45) is 11.8 Å². The van der Waals surface area contributed by atoms with E-state index in [0.717, 1.165) is 5.69 Å². The van der Waals surface area contributed by atoms with Gasteiger partial charge in [0, 0.05) is 11.6 Å². The molecule has 1 fully saturated rings. The predicted octanol–water partition coefficient (Wildman–Crippen LogP) is 3.42. The second kappa shape index (κ2) is 5.88. The highest BCUT2D eigenvalue weighted by atomic mass is 16.4. The molecule has 2 atom stereocenters. The molecule has 0 radical (unpaired) electrons. The average molecular weight is 289 g/mol. The van der Waals surface area contributed by atoms with E-state index >= 15 is 0 Å². The van der Waals surface area contributed by atoms with E-state index < -0.39 is 5.97 Å². The van der Waals surface area contributed by atoms with Gasteiger partial charge in [0.25, 0.3) is 0 Å². The van der Waals surface area contributed by atoms with Crippen LogP contribution in [0, 0.1) is 11.8 Å². The summed E-state index contributed by atoms with van der Waals surface area (Å²) in [6.07, 6.45) is 1.69. The Morgan fingerprint density at radius 1 is 1.10 bits per heavy atom. The van der Waals surface area contributed by atoms with Gasteiger partial charge in [0.05, 0.1) is 5.92 Å². The van der Waals surface area contributed by atoms with Gasteiger partial charge < -0.3 is 10.4 Å². The quantitative estimate of drug-likeness (QED) is 0.896. The van der Waals surface area contributed by atoms with Crippen LogP contribution in [0.2, 0.25) is 0 Å². The van der Waals surface area contributed by atoms with E-state index in [1.54, 1.807) is 0 Å². The van der Waals surface area contributed by atoms with E-state index in [-0.39, 0.29) is 23.2 Å². The third-order valence-electron chi connectivity index (χ3n) is 4.17. The minimum absolute atomic E-state index is 0.0674. The van der Waals surface area contributed by atoms with Crippen molar-refractivity contribution >= 4 is 17.6 Å². The van der Waals surface area contributed by atoms with Crippen molar-refractivity contribution < 1.29 is 14.7 Å². The molecule has 2 N–H and O–H groups in total. The highest BCUT2D eigenvalue weighted by Gasteiger charge is 2.33. The lowest BCUT2D eigenvalue weighted by atomic mass is 9.87. The number of rotatable bonds is 3. The van der Waals surface area contributed by atoms with E-state index in [4.69, 9.17) is 5.11 Å². The van der Waals surface area contributed by atoms with Gasteiger partial charge in [0.1, 0.15) is 0 Å². The Morgan fingerprint density at radius 2 is 1.67 bits per heavy atom. The first-order valence-electron chi connectivity index (χ1n) is 7.41. The first kappa shape index (κ1) is 15.5. The predicted molar refractivity (Wildman–Crippen MR) is 82.2 cm³/mol. The van der Waals surface area contributed by atoms with Gasteiger partial charge in [0.15, 0.2) is 0 Å². The molecule has 4 heteroatoms. The minimum atomic E-state index is -0.792. The number of hydrogen-bond donors (Lipinski definition) is 2. The summed E-state index contributed by atoms with van der Waals surface area (Å²) in [5, 5.41) is 11.9. The van der Waals surface area contributed by atoms with Crippen LogP contribution in [0.15, 0.2) is 24.3 Å². The molecule has 0 spiro atoms. The monoisotopic (exact) mass is 289 g/mol. The van der Waals surface area contributed by atoms with Crippen molar-refractivity contribution in [3.63, 3.8) is 0 Å². The molecule has 1 saturated carbocycles. The molecule has 1 aromatic carbocycles. The number of benzene rings is 1. The Bertz CT molecular complexity index is 528. The van der Waals surface area contributed by atoms with Crippen LogP contribution in [0.5, 0.6) is 0 Å². The molecule has 0 heterocycles. The fraction of sp³-hybridized carbons (Fsp3) is 0.529. The van der Waals surface area contributed by atoms with E-state index in [1.807, 2.05) is 24.3 Å². The van der Waals surface area contributed by atoms with Gasteiger partial charge in [-0.1, -0.05) is 32.9 Å². The van der Waals surface area contributed by atoms with Gasteiger partial charge in [-0.15, -0.1) is 0 Å². The molecule has 0 unspecified atom stereocenters. The zero-order chi connectivity index (χ0) is 15.6. The van der Waals surface area contributed by atoms with Gasteiger partial charge in [0.2, 0.25) is 5.91 Å². The first-order valence-corrected chi connectivity index (χ1v) is 7.41. The van der Waals surface area contributed by atoms with E-state index in [1.165, 1.54) is 5.56 Å². The maximum Gasteiger partial charge on any atom is 0.306 e. The number of amides is 1. The summed E-state index contributed by atoms with van der Waals surface area (Å²) in [4.78, 5) is 23.1. The zero-order valence-corrected chi connectivity index (χ0v) is 12.8. The Balaban J connectivity index is 1.96. The molecule has 1 aliphatic carbocycles. The van der Waals surface area contributed by atoms with Gasteiger partial charge in [-0.25, -0.2) is 0 Å². The van der Waals surface area contributed by atoms with Crippen LogP contribution in [0.3, 0.4) is 0 Å². The van der Waals surface area contributed by atoms with Crippen molar-refractivity contribution in [3.05, 3.63) is 29.8 Å². The van der Waals surface area contributed by atoms with E-state index in [0.29, 0.717) is 19.3 Å². The topological polar surface area (TPSA) is 66.4 Å². The summed E-state index contributed by atoms with van der Waals surface area (Å²) in [5.74, 6) is -1.42. The van der Waals surface area contributed by atoms with Crippen molar-refractivity contribution in [1.82, 2.24) is 0 Å². The fourth-order valence-electron chi connectivity index (χ4n) is 2.74. The highest BCUT2D eigenvalue weighted by molar-refractivity contribution is 5.93. The number of carboxylic acid groups (broad SMARTS) is 1. The fourth-order valence-corrected chi connectivity index (χ4v) is 2.74. The molecule has 1 aromatic rings. The van der Waals surface area contributed by atoms with Gasteiger partial charge >= 0.3 is 5.97 Å². The van der Waals surface area contributed by atoms with Gasteiger partial charge in [-0.05, 0) is 42.4 Å². The largest absolute Gasteiger partial charge is 0.481 e. The molecule has 114 valence electrons. The average Bonchev–Trinajstić information content (AvgIpc) is 2.88. The Morgan fingerprint density at radius 3 is 2.14 bits per heavy atom. The maximum absolute atomic E-state index is 12.2. The van der Waals surface area contributed by atoms with E-state index in [2.05, 4.69) is 26.1 Å². The molecule has 0 bridgehead atoms. The Labute approximate surface area is 125 Å². The van der Waals surface area contributed by atoms with Crippen LogP contribution >= 0.6 is 0 Å². The number of nitrogens with one attached hydrogen (secondary N) is 1. The Kier molecular flexibility index (Phi) is 4.35. The molecule has 4 nitrogen and oxygen atoms in total. The smallest absolute Gasteiger partial charge is 0.306 e. The number of hydrogen-bond acceptors (Lipinski definition) is 2. The van der Waals surface area contributed by atoms with Crippen LogP contribution in [0.4, 0.5) is 5.69 Å². The highest BCUT2D eigenvalue weighted by Crippen LogP contribution is 2.32. The summed E-state index contributed by atoms with van der Waals surface area (Å²) in [7, 11) is 0. The maximum atomic E-state index is 12.2. The second-order valence-corrected chi connectivity index (χ2v) is 6.86. The second-order valence-electron chi connectivity index (χ2n) is 6.86. The molecule has 21 heavy (non-hydrogen) atoms. The summed E-state index contributed by atoms with van der Waals surface area (Å²) in [6.45, 7) is 6.43. The lowest BCUT2D eigenvalue weighted by Gasteiger charge is -2.19. The van der Waals surface area contributed by atoms with E-state index in [9.17, 15) is 9.59 Å². The number of aliphatic carboxylic acids is 1.